The highest BCUT2D eigenvalue weighted by molar-refractivity contribution is 6.05. The van der Waals surface area contributed by atoms with Gasteiger partial charge in [-0.3, -0.25) is 10.1 Å². The first-order valence-electron chi connectivity index (χ1n) is 11.4. The number of carbonyl (C=O) groups is 2. The number of carbonyl (C=O) groups excluding carboxylic acids is 2. The van der Waals surface area contributed by atoms with Crippen LogP contribution in [0.3, 0.4) is 0 Å². The molecule has 180 valence electrons. The largest absolute Gasteiger partial charge is 0.449 e. The molecule has 0 fully saturated rings. The summed E-state index contributed by atoms with van der Waals surface area (Å²) in [5, 5.41) is 11.3. The lowest BCUT2D eigenvalue weighted by molar-refractivity contribution is -0.123. The van der Waals surface area contributed by atoms with Crippen LogP contribution < -0.4 is 5.32 Å². The number of esters is 1. The topological polar surface area (TPSA) is 112 Å². The molecule has 9 heteroatoms. The Balaban J connectivity index is 1.47. The molecule has 1 atom stereocenters. The van der Waals surface area contributed by atoms with E-state index in [2.05, 4.69) is 15.6 Å². The number of ether oxygens (including phenoxy) is 1. The molecule has 0 bridgehead atoms. The van der Waals surface area contributed by atoms with Gasteiger partial charge in [-0.05, 0) is 25.5 Å². The number of pyridine rings is 1. The summed E-state index contributed by atoms with van der Waals surface area (Å²) in [5.74, 6) is -1.01. The van der Waals surface area contributed by atoms with Crippen LogP contribution in [0.1, 0.15) is 28.5 Å². The Morgan fingerprint density at radius 3 is 2.47 bits per heavy atom. The molecule has 2 aromatic carbocycles. The Morgan fingerprint density at radius 1 is 1.06 bits per heavy atom. The minimum Gasteiger partial charge on any atom is -0.449 e. The summed E-state index contributed by atoms with van der Waals surface area (Å²) in [4.78, 5) is 30.6. The third-order valence-corrected chi connectivity index (χ3v) is 5.60. The molecule has 5 rings (SSSR count). The Bertz CT molecular complexity index is 1530. The van der Waals surface area contributed by atoms with E-state index in [1.54, 1.807) is 29.9 Å². The van der Waals surface area contributed by atoms with Gasteiger partial charge < -0.3 is 9.26 Å². The lowest BCUT2D eigenvalue weighted by Crippen LogP contribution is -2.30. The van der Waals surface area contributed by atoms with Crippen LogP contribution in [0.25, 0.3) is 22.3 Å². The van der Waals surface area contributed by atoms with E-state index >= 15 is 0 Å². The van der Waals surface area contributed by atoms with E-state index < -0.39 is 18.0 Å². The maximum Gasteiger partial charge on any atom is 0.339 e. The van der Waals surface area contributed by atoms with Crippen molar-refractivity contribution >= 4 is 28.8 Å². The van der Waals surface area contributed by atoms with Crippen molar-refractivity contribution in [1.29, 1.82) is 0 Å². The van der Waals surface area contributed by atoms with E-state index in [0.717, 1.165) is 11.1 Å². The molecular weight excluding hydrogens is 458 g/mol. The monoisotopic (exact) mass is 481 g/mol. The van der Waals surface area contributed by atoms with Crippen LogP contribution >= 0.6 is 0 Å². The fraction of sp³-hybridized carbons (Fsp3) is 0.148. The molecule has 0 radical (unpaired) electrons. The first-order valence-corrected chi connectivity index (χ1v) is 11.4. The number of fused-ring (bicyclic) bond motifs is 1. The number of aryl methyl sites for hydroxylation is 1. The molecule has 0 spiro atoms. The standard InChI is InChI=1S/C27H23N5O4/c1-17-13-24(36-31-17)30-26(33)18(2)35-27(34)21-14-23(20-11-7-4-8-12-20)29-25-22(21)15-28-32(25)16-19-9-5-3-6-10-19/h3-15,18H,16H2,1-2H3,(H,30,33). The molecule has 0 aliphatic heterocycles. The maximum atomic E-state index is 13.3. The Hall–Kier alpha value is -4.79. The SMILES string of the molecule is Cc1cc(NC(=O)C(C)OC(=O)c2cc(-c3ccccc3)nc3c2cnn3Cc2ccccc2)on1. The van der Waals surface area contributed by atoms with Crippen molar-refractivity contribution in [1.82, 2.24) is 19.9 Å². The second kappa shape index (κ2) is 9.83. The zero-order chi connectivity index (χ0) is 25.1. The highest BCUT2D eigenvalue weighted by atomic mass is 16.5. The van der Waals surface area contributed by atoms with Crippen LogP contribution in [0.5, 0.6) is 0 Å². The molecule has 1 unspecified atom stereocenters. The van der Waals surface area contributed by atoms with Gasteiger partial charge in [0, 0.05) is 11.6 Å². The molecule has 1 N–H and O–H groups in total. The number of amides is 1. The molecule has 0 saturated carbocycles. The van der Waals surface area contributed by atoms with Crippen LogP contribution in [-0.2, 0) is 16.1 Å². The minimum absolute atomic E-state index is 0.181. The zero-order valence-electron chi connectivity index (χ0n) is 19.7. The van der Waals surface area contributed by atoms with Crippen LogP contribution in [-0.4, -0.2) is 37.9 Å². The van der Waals surface area contributed by atoms with E-state index in [0.29, 0.717) is 29.0 Å². The predicted octanol–water partition coefficient (Wildman–Crippen LogP) is 4.63. The van der Waals surface area contributed by atoms with E-state index in [1.165, 1.54) is 6.92 Å². The number of benzene rings is 2. The number of anilines is 1. The lowest BCUT2D eigenvalue weighted by atomic mass is 10.1. The maximum absolute atomic E-state index is 13.3. The van der Waals surface area contributed by atoms with E-state index in [9.17, 15) is 9.59 Å². The first-order chi connectivity index (χ1) is 17.5. The van der Waals surface area contributed by atoms with Crippen molar-refractivity contribution in [2.75, 3.05) is 5.32 Å². The van der Waals surface area contributed by atoms with E-state index in [-0.39, 0.29) is 11.4 Å². The van der Waals surface area contributed by atoms with Gasteiger partial charge in [-0.1, -0.05) is 65.8 Å². The van der Waals surface area contributed by atoms with Crippen molar-refractivity contribution < 1.29 is 18.8 Å². The van der Waals surface area contributed by atoms with Gasteiger partial charge in [0.1, 0.15) is 0 Å². The number of nitrogens with one attached hydrogen (secondary N) is 1. The normalized spacial score (nSPS) is 11.8. The van der Waals surface area contributed by atoms with Gasteiger partial charge in [0.15, 0.2) is 11.8 Å². The van der Waals surface area contributed by atoms with Crippen LogP contribution in [0.15, 0.2) is 83.5 Å². The summed E-state index contributed by atoms with van der Waals surface area (Å²) in [6, 6.07) is 22.6. The van der Waals surface area contributed by atoms with Crippen LogP contribution in [0, 0.1) is 6.92 Å². The molecule has 36 heavy (non-hydrogen) atoms. The summed E-state index contributed by atoms with van der Waals surface area (Å²) >= 11 is 0. The van der Waals surface area contributed by atoms with Gasteiger partial charge in [-0.15, -0.1) is 0 Å². The van der Waals surface area contributed by atoms with Gasteiger partial charge in [0.05, 0.1) is 35.1 Å². The lowest BCUT2D eigenvalue weighted by Gasteiger charge is -2.13. The number of hydrogen-bond donors (Lipinski definition) is 1. The highest BCUT2D eigenvalue weighted by Gasteiger charge is 2.24. The molecule has 0 aliphatic rings. The molecule has 3 heterocycles. The van der Waals surface area contributed by atoms with Crippen molar-refractivity contribution in [3.05, 3.63) is 95.8 Å². The average Bonchev–Trinajstić information content (AvgIpc) is 3.50. The van der Waals surface area contributed by atoms with Crippen LogP contribution in [0.4, 0.5) is 5.88 Å². The smallest absolute Gasteiger partial charge is 0.339 e. The van der Waals surface area contributed by atoms with Gasteiger partial charge in [-0.25, -0.2) is 14.5 Å². The van der Waals surface area contributed by atoms with E-state index in [1.807, 2.05) is 60.7 Å². The van der Waals surface area contributed by atoms with E-state index in [4.69, 9.17) is 14.2 Å². The minimum atomic E-state index is -1.08. The second-order valence-corrected chi connectivity index (χ2v) is 8.32. The van der Waals surface area contributed by atoms with Crippen LogP contribution in [0.2, 0.25) is 0 Å². The average molecular weight is 482 g/mol. The third kappa shape index (κ3) is 4.85. The Kier molecular flexibility index (Phi) is 6.27. The summed E-state index contributed by atoms with van der Waals surface area (Å²) < 4.78 is 12.3. The van der Waals surface area contributed by atoms with Gasteiger partial charge in [0.25, 0.3) is 5.91 Å². The Labute approximate surface area is 206 Å². The van der Waals surface area contributed by atoms with Crippen molar-refractivity contribution in [2.24, 2.45) is 0 Å². The van der Waals surface area contributed by atoms with Gasteiger partial charge >= 0.3 is 5.97 Å². The predicted molar refractivity (Wildman–Crippen MR) is 133 cm³/mol. The molecule has 0 saturated heterocycles. The fourth-order valence-electron chi connectivity index (χ4n) is 3.77. The summed E-state index contributed by atoms with van der Waals surface area (Å²) in [6.07, 6.45) is 0.518. The summed E-state index contributed by atoms with van der Waals surface area (Å²) in [6.45, 7) is 3.71. The summed E-state index contributed by atoms with van der Waals surface area (Å²) in [7, 11) is 0. The number of nitrogens with zero attached hydrogens (tertiary/aromatic N) is 4. The fourth-order valence-corrected chi connectivity index (χ4v) is 3.77. The molecule has 1 amide bonds. The van der Waals surface area contributed by atoms with Gasteiger partial charge in [0.2, 0.25) is 5.88 Å². The molecule has 0 aliphatic carbocycles. The quantitative estimate of drug-likeness (QED) is 0.337. The first kappa shape index (κ1) is 23.0. The molecule has 3 aromatic heterocycles. The summed E-state index contributed by atoms with van der Waals surface area (Å²) in [5.41, 5.74) is 3.92. The molecular formula is C27H23N5O4. The molecule has 5 aromatic rings. The number of rotatable bonds is 7. The number of hydrogen-bond acceptors (Lipinski definition) is 7. The Morgan fingerprint density at radius 2 is 1.78 bits per heavy atom. The zero-order valence-corrected chi connectivity index (χ0v) is 19.7. The molecule has 9 nitrogen and oxygen atoms in total. The third-order valence-electron chi connectivity index (χ3n) is 5.60. The second-order valence-electron chi connectivity index (χ2n) is 8.32. The van der Waals surface area contributed by atoms with Gasteiger partial charge in [-0.2, -0.15) is 5.10 Å². The highest BCUT2D eigenvalue weighted by Crippen LogP contribution is 2.26. The van der Waals surface area contributed by atoms with Crippen molar-refractivity contribution in [3.8, 4) is 11.3 Å². The number of aromatic nitrogens is 4. The van der Waals surface area contributed by atoms with Crippen molar-refractivity contribution in [3.63, 3.8) is 0 Å². The van der Waals surface area contributed by atoms with Crippen molar-refractivity contribution in [2.45, 2.75) is 26.5 Å².